The molecule has 9 heteroatoms. The van der Waals surface area contributed by atoms with E-state index in [9.17, 15) is 4.39 Å². The largest absolute Gasteiger partial charge is 0.377 e. The van der Waals surface area contributed by atoms with Crippen molar-refractivity contribution in [3.63, 3.8) is 0 Å². The first-order valence-corrected chi connectivity index (χ1v) is 8.79. The molecule has 0 spiro atoms. The second-order valence-electron chi connectivity index (χ2n) is 6.11. The molecule has 0 radical (unpaired) electrons. The third-order valence-corrected chi connectivity index (χ3v) is 4.47. The number of nitrogens with one attached hydrogen (secondary N) is 2. The zero-order chi connectivity index (χ0) is 18.5. The first-order chi connectivity index (χ1) is 12.6. The maximum atomic E-state index is 13.2. The van der Waals surface area contributed by atoms with Crippen molar-refractivity contribution >= 4 is 17.6 Å². The fraction of sp³-hybridized carbons (Fsp3) is 0.471. The Bertz CT molecular complexity index is 794. The van der Waals surface area contributed by atoms with Crippen LogP contribution in [0, 0.1) is 5.82 Å². The number of ether oxygens (including phenoxy) is 1. The van der Waals surface area contributed by atoms with Crippen LogP contribution in [0.4, 0.5) is 4.39 Å². The number of rotatable bonds is 5. The molecule has 0 aliphatic carbocycles. The lowest BCUT2D eigenvalue weighted by Gasteiger charge is -2.25. The number of fused-ring (bicyclic) bond motifs is 1. The lowest BCUT2D eigenvalue weighted by molar-refractivity contribution is 0.177. The van der Waals surface area contributed by atoms with Crippen molar-refractivity contribution in [2.24, 2.45) is 4.99 Å². The van der Waals surface area contributed by atoms with E-state index in [1.165, 1.54) is 6.07 Å². The molecule has 0 fully saturated rings. The molecule has 1 aliphatic heterocycles. The van der Waals surface area contributed by atoms with Crippen molar-refractivity contribution in [2.45, 2.75) is 38.6 Å². The number of guanidine groups is 1. The quantitative estimate of drug-likeness (QED) is 0.612. The molecule has 7 nitrogen and oxygen atoms in total. The second kappa shape index (κ2) is 8.46. The molecule has 0 amide bonds. The van der Waals surface area contributed by atoms with Gasteiger partial charge in [0.15, 0.2) is 11.8 Å². The second-order valence-corrected chi connectivity index (χ2v) is 6.52. The Labute approximate surface area is 156 Å². The summed E-state index contributed by atoms with van der Waals surface area (Å²) < 4.78 is 20.2. The van der Waals surface area contributed by atoms with E-state index in [-0.39, 0.29) is 11.1 Å². The molecule has 1 aromatic heterocycles. The van der Waals surface area contributed by atoms with Gasteiger partial charge in [0.1, 0.15) is 18.2 Å². The molecule has 1 aliphatic rings. The first kappa shape index (κ1) is 18.6. The maximum Gasteiger partial charge on any atom is 0.191 e. The maximum absolute atomic E-state index is 13.2. The Hall–Kier alpha value is -2.19. The third-order valence-electron chi connectivity index (χ3n) is 4.18. The predicted octanol–water partition coefficient (Wildman–Crippen LogP) is 1.90. The van der Waals surface area contributed by atoms with Crippen LogP contribution in [0.5, 0.6) is 0 Å². The topological polar surface area (TPSA) is 76.4 Å². The number of hydrogen-bond acceptors (Lipinski definition) is 4. The highest BCUT2D eigenvalue weighted by molar-refractivity contribution is 6.30. The van der Waals surface area contributed by atoms with Crippen molar-refractivity contribution in [3.8, 4) is 0 Å². The Morgan fingerprint density at radius 3 is 3.08 bits per heavy atom. The van der Waals surface area contributed by atoms with Gasteiger partial charge >= 0.3 is 0 Å². The van der Waals surface area contributed by atoms with Crippen LogP contribution in [0.25, 0.3) is 0 Å². The van der Waals surface area contributed by atoms with Crippen molar-refractivity contribution in [3.05, 3.63) is 46.3 Å². The molecule has 0 bridgehead atoms. The molecular weight excluding hydrogens is 359 g/mol. The zero-order valence-electron chi connectivity index (χ0n) is 14.8. The highest BCUT2D eigenvalue weighted by atomic mass is 35.5. The fourth-order valence-electron chi connectivity index (χ4n) is 2.89. The monoisotopic (exact) mass is 380 g/mol. The van der Waals surface area contributed by atoms with Crippen LogP contribution in [0.3, 0.4) is 0 Å². The van der Waals surface area contributed by atoms with E-state index in [2.05, 4.69) is 25.7 Å². The molecule has 0 saturated heterocycles. The van der Waals surface area contributed by atoms with Crippen LogP contribution in [0.1, 0.15) is 23.6 Å². The van der Waals surface area contributed by atoms with Crippen LogP contribution < -0.4 is 10.6 Å². The average molecular weight is 381 g/mol. The summed E-state index contributed by atoms with van der Waals surface area (Å²) in [5, 5.41) is 11.2. The van der Waals surface area contributed by atoms with Crippen molar-refractivity contribution in [1.29, 1.82) is 0 Å². The molecule has 2 heterocycles. The average Bonchev–Trinajstić information content (AvgIpc) is 3.03. The SMILES string of the molecule is CN=C(NCc1ccc(F)c(Cl)c1)NC1CCc2nc(COC)nn2C1. The number of halogens is 2. The number of benzene rings is 1. The number of aromatic nitrogens is 3. The minimum absolute atomic E-state index is 0.116. The molecular formula is C17H22ClFN6O. The van der Waals surface area contributed by atoms with Crippen molar-refractivity contribution in [1.82, 2.24) is 25.4 Å². The van der Waals surface area contributed by atoms with E-state index in [0.717, 1.165) is 30.8 Å². The Morgan fingerprint density at radius 2 is 2.35 bits per heavy atom. The van der Waals surface area contributed by atoms with Crippen LogP contribution in [0.15, 0.2) is 23.2 Å². The van der Waals surface area contributed by atoms with Gasteiger partial charge in [0.05, 0.1) is 11.6 Å². The number of hydrogen-bond donors (Lipinski definition) is 2. The molecule has 2 N–H and O–H groups in total. The minimum Gasteiger partial charge on any atom is -0.377 e. The Balaban J connectivity index is 1.55. The molecule has 1 aromatic carbocycles. The van der Waals surface area contributed by atoms with Gasteiger partial charge in [0, 0.05) is 33.2 Å². The van der Waals surface area contributed by atoms with Crippen LogP contribution >= 0.6 is 11.6 Å². The third kappa shape index (κ3) is 4.50. The predicted molar refractivity (Wildman–Crippen MR) is 97.6 cm³/mol. The molecule has 3 rings (SSSR count). The van der Waals surface area contributed by atoms with Crippen LogP contribution in [-0.2, 0) is 30.9 Å². The zero-order valence-corrected chi connectivity index (χ0v) is 15.6. The lowest BCUT2D eigenvalue weighted by atomic mass is 10.1. The molecule has 26 heavy (non-hydrogen) atoms. The highest BCUT2D eigenvalue weighted by Gasteiger charge is 2.22. The minimum atomic E-state index is -0.420. The Morgan fingerprint density at radius 1 is 1.50 bits per heavy atom. The Kier molecular flexibility index (Phi) is 6.05. The first-order valence-electron chi connectivity index (χ1n) is 8.41. The number of aliphatic imine (C=N–C) groups is 1. The van der Waals surface area contributed by atoms with Gasteiger partial charge in [-0.15, -0.1) is 0 Å². The highest BCUT2D eigenvalue weighted by Crippen LogP contribution is 2.16. The number of methoxy groups -OCH3 is 1. The summed E-state index contributed by atoms with van der Waals surface area (Å²) in [5.41, 5.74) is 0.880. The number of aryl methyl sites for hydroxylation is 1. The van der Waals surface area contributed by atoms with Crippen LogP contribution in [0.2, 0.25) is 5.02 Å². The smallest absolute Gasteiger partial charge is 0.191 e. The summed E-state index contributed by atoms with van der Waals surface area (Å²) in [5.74, 6) is 1.95. The summed E-state index contributed by atoms with van der Waals surface area (Å²) in [6, 6.07) is 4.86. The van der Waals surface area contributed by atoms with E-state index in [1.54, 1.807) is 26.3 Å². The summed E-state index contributed by atoms with van der Waals surface area (Å²) >= 11 is 5.82. The van der Waals surface area contributed by atoms with E-state index < -0.39 is 5.82 Å². The van der Waals surface area contributed by atoms with Gasteiger partial charge in [-0.3, -0.25) is 4.99 Å². The van der Waals surface area contributed by atoms with Gasteiger partial charge in [0.25, 0.3) is 0 Å². The van der Waals surface area contributed by atoms with Gasteiger partial charge in [-0.1, -0.05) is 17.7 Å². The molecule has 1 unspecified atom stereocenters. The van der Waals surface area contributed by atoms with Crippen molar-refractivity contribution in [2.75, 3.05) is 14.2 Å². The van der Waals surface area contributed by atoms with E-state index in [1.807, 2.05) is 4.68 Å². The van der Waals surface area contributed by atoms with E-state index >= 15 is 0 Å². The van der Waals surface area contributed by atoms with Gasteiger partial charge in [-0.05, 0) is 24.1 Å². The molecule has 1 atom stereocenters. The van der Waals surface area contributed by atoms with E-state index in [4.69, 9.17) is 16.3 Å². The fourth-order valence-corrected chi connectivity index (χ4v) is 3.10. The van der Waals surface area contributed by atoms with E-state index in [0.29, 0.717) is 24.9 Å². The summed E-state index contributed by atoms with van der Waals surface area (Å²) in [4.78, 5) is 8.73. The van der Waals surface area contributed by atoms with Gasteiger partial charge < -0.3 is 15.4 Å². The van der Waals surface area contributed by atoms with Gasteiger partial charge in [0.2, 0.25) is 0 Å². The molecule has 140 valence electrons. The van der Waals surface area contributed by atoms with Crippen LogP contribution in [-0.4, -0.2) is 40.9 Å². The molecule has 2 aromatic rings. The van der Waals surface area contributed by atoms with Crippen molar-refractivity contribution < 1.29 is 9.13 Å². The van der Waals surface area contributed by atoms with Gasteiger partial charge in [-0.2, -0.15) is 5.10 Å². The lowest BCUT2D eigenvalue weighted by Crippen LogP contribution is -2.46. The molecule has 0 saturated carbocycles. The normalized spacial score (nSPS) is 17.1. The summed E-state index contributed by atoms with van der Waals surface area (Å²) in [7, 11) is 3.35. The van der Waals surface area contributed by atoms with Gasteiger partial charge in [-0.25, -0.2) is 14.1 Å². The summed E-state index contributed by atoms with van der Waals surface area (Å²) in [6.45, 7) is 1.63. The standard InChI is InChI=1S/C17H22ClFN6O/c1-20-17(21-8-11-3-5-14(19)13(18)7-11)22-12-4-6-16-23-15(10-26-2)24-25(16)9-12/h3,5,7,12H,4,6,8-10H2,1-2H3,(H2,20,21,22). The summed E-state index contributed by atoms with van der Waals surface area (Å²) in [6.07, 6.45) is 1.78. The number of nitrogens with zero attached hydrogens (tertiary/aromatic N) is 4.